The third-order valence-corrected chi connectivity index (χ3v) is 10.1. The van der Waals surface area contributed by atoms with Crippen LogP contribution in [0.4, 0.5) is 0 Å². The number of aromatic hydroxyl groups is 1. The van der Waals surface area contributed by atoms with Crippen LogP contribution in [0.1, 0.15) is 102 Å². The monoisotopic (exact) mass is 794 g/mol. The quantitative estimate of drug-likeness (QED) is 0.0499. The summed E-state index contributed by atoms with van der Waals surface area (Å²) in [6.07, 6.45) is 17.0. The number of rotatable bonds is 20. The molecular weight excluding hydrogens is 745 g/mol. The van der Waals surface area contributed by atoms with Crippen LogP contribution in [0.2, 0.25) is 0 Å². The molecule has 0 radical (unpaired) electrons. The molecule has 0 aliphatic rings. The zero-order chi connectivity index (χ0) is 38.0. The summed E-state index contributed by atoms with van der Waals surface area (Å²) in [7, 11) is -8.98. The van der Waals surface area contributed by atoms with Gasteiger partial charge in [-0.3, -0.25) is 4.55 Å². The molecule has 0 amide bonds. The van der Waals surface area contributed by atoms with E-state index in [1.165, 1.54) is 81.4 Å². The topological polar surface area (TPSA) is 173 Å². The second-order valence-corrected chi connectivity index (χ2v) is 15.5. The molecule has 0 unspecified atom stereocenters. The van der Waals surface area contributed by atoms with Gasteiger partial charge in [-0.25, -0.2) is 8.42 Å². The van der Waals surface area contributed by atoms with E-state index in [4.69, 9.17) is 14.0 Å². The summed E-state index contributed by atoms with van der Waals surface area (Å²) in [6, 6.07) is 21.2. The van der Waals surface area contributed by atoms with Crippen LogP contribution in [-0.4, -0.2) is 68.8 Å². The van der Waals surface area contributed by atoms with Crippen LogP contribution in [0.15, 0.2) is 94.7 Å². The second kappa shape index (κ2) is 23.8. The Morgan fingerprint density at radius 1 is 0.566 bits per heavy atom. The molecule has 10 nitrogen and oxygen atoms in total. The van der Waals surface area contributed by atoms with E-state index in [-0.39, 0.29) is 59.9 Å². The van der Waals surface area contributed by atoms with Crippen LogP contribution in [-0.2, 0) is 33.1 Å². The van der Waals surface area contributed by atoms with Crippen LogP contribution >= 0.6 is 0 Å². The average Bonchev–Trinajstić information content (AvgIpc) is 3.10. The standard InChI is InChI=1S/2C20H26O5S.Ca/c2*1-2-3-4-5-6-7-8-16-9-11-17(12-10-16)25-20-15-18(26(22,23)24)13-14-19(20)21;/h2*9-15,21H,2-8H2,1H3,(H,22,23,24);/q;;+2/p-2. The van der Waals surface area contributed by atoms with Crippen molar-refractivity contribution in [1.29, 1.82) is 0 Å². The SMILES string of the molecule is CCCCCCCCc1ccc(Oc2cc(S(=O)(=O)O)ccc2O)cc1.CCCCCCCCc1ccc(Oc2cc(S(=O)(=O)[O-])ccc2[O-])cc1.[Ca+2]. The maximum Gasteiger partial charge on any atom is 2.00 e. The van der Waals surface area contributed by atoms with Crippen LogP contribution < -0.4 is 14.6 Å². The molecule has 0 aliphatic heterocycles. The van der Waals surface area contributed by atoms with Crippen molar-refractivity contribution in [2.45, 2.75) is 114 Å². The Labute approximate surface area is 345 Å². The van der Waals surface area contributed by atoms with E-state index in [0.29, 0.717) is 11.5 Å². The smallest absolute Gasteiger partial charge is 0.870 e. The summed E-state index contributed by atoms with van der Waals surface area (Å²) in [4.78, 5) is -0.809. The van der Waals surface area contributed by atoms with E-state index >= 15 is 0 Å². The summed E-state index contributed by atoms with van der Waals surface area (Å²) in [5.41, 5.74) is 2.40. The number of phenolic OH excluding ortho intramolecular Hbond substituents is 1. The molecule has 0 fully saturated rings. The van der Waals surface area contributed by atoms with Gasteiger partial charge >= 0.3 is 37.7 Å². The first kappa shape index (κ1) is 46.3. The van der Waals surface area contributed by atoms with Crippen LogP contribution in [0.25, 0.3) is 0 Å². The van der Waals surface area contributed by atoms with E-state index in [2.05, 4.69) is 13.8 Å². The third kappa shape index (κ3) is 17.4. The molecule has 4 aromatic carbocycles. The number of unbranched alkanes of at least 4 members (excludes halogenated alkanes) is 10. The Hall–Kier alpha value is -2.84. The maximum atomic E-state index is 11.8. The van der Waals surface area contributed by atoms with Crippen molar-refractivity contribution < 1.29 is 45.6 Å². The Morgan fingerprint density at radius 3 is 1.43 bits per heavy atom. The van der Waals surface area contributed by atoms with E-state index in [1.54, 1.807) is 24.3 Å². The van der Waals surface area contributed by atoms with Crippen LogP contribution in [0, 0.1) is 0 Å². The molecule has 13 heteroatoms. The molecule has 284 valence electrons. The Morgan fingerprint density at radius 2 is 0.981 bits per heavy atom. The van der Waals surface area contributed by atoms with Crippen molar-refractivity contribution in [1.82, 2.24) is 0 Å². The summed E-state index contributed by atoms with van der Waals surface area (Å²) in [5.74, 6) is 0.0326. The first-order valence-corrected chi connectivity index (χ1v) is 20.8. The predicted molar refractivity (Wildman–Crippen MR) is 205 cm³/mol. The zero-order valence-electron chi connectivity index (χ0n) is 30.7. The number of hydrogen-bond acceptors (Lipinski definition) is 9. The number of aryl methyl sites for hydroxylation is 2. The van der Waals surface area contributed by atoms with E-state index in [9.17, 15) is 31.6 Å². The maximum absolute atomic E-state index is 11.8. The van der Waals surface area contributed by atoms with Gasteiger partial charge in [-0.05, 0) is 85.3 Å². The summed E-state index contributed by atoms with van der Waals surface area (Å²) >= 11 is 0. The molecule has 0 saturated carbocycles. The van der Waals surface area contributed by atoms with Crippen LogP contribution in [0.5, 0.6) is 34.5 Å². The van der Waals surface area contributed by atoms with Crippen molar-refractivity contribution in [3.8, 4) is 34.5 Å². The third-order valence-electron chi connectivity index (χ3n) is 8.37. The molecule has 0 heterocycles. The zero-order valence-corrected chi connectivity index (χ0v) is 34.5. The van der Waals surface area contributed by atoms with Crippen molar-refractivity contribution in [2.24, 2.45) is 0 Å². The molecule has 4 aromatic rings. The molecule has 53 heavy (non-hydrogen) atoms. The molecule has 0 saturated heterocycles. The van der Waals surface area contributed by atoms with Gasteiger partial charge in [-0.15, -0.1) is 0 Å². The summed E-state index contributed by atoms with van der Waals surface area (Å²) in [6.45, 7) is 4.41. The summed E-state index contributed by atoms with van der Waals surface area (Å²) < 4.78 is 75.7. The molecule has 0 aromatic heterocycles. The van der Waals surface area contributed by atoms with Gasteiger partial charge in [0, 0.05) is 6.07 Å². The molecule has 4 rings (SSSR count). The largest absolute Gasteiger partial charge is 2.00 e. The second-order valence-electron chi connectivity index (χ2n) is 12.7. The summed E-state index contributed by atoms with van der Waals surface area (Å²) in [5, 5.41) is 21.6. The van der Waals surface area contributed by atoms with Crippen molar-refractivity contribution in [3.63, 3.8) is 0 Å². The van der Waals surface area contributed by atoms with Gasteiger partial charge in [0.25, 0.3) is 10.1 Å². The molecule has 0 spiro atoms. The van der Waals surface area contributed by atoms with E-state index in [0.717, 1.165) is 56.0 Å². The van der Waals surface area contributed by atoms with Gasteiger partial charge in [0.05, 0.1) is 9.79 Å². The molecule has 0 aliphatic carbocycles. The minimum atomic E-state index is -4.63. The van der Waals surface area contributed by atoms with Gasteiger partial charge in [0.15, 0.2) is 11.5 Å². The fourth-order valence-corrected chi connectivity index (χ4v) is 6.36. The van der Waals surface area contributed by atoms with Crippen molar-refractivity contribution in [3.05, 3.63) is 96.1 Å². The predicted octanol–water partition coefficient (Wildman–Crippen LogP) is 9.31. The number of ether oxygens (including phenoxy) is 2. The van der Waals surface area contributed by atoms with E-state index in [1.807, 2.05) is 24.3 Å². The van der Waals surface area contributed by atoms with Gasteiger partial charge in [0.1, 0.15) is 27.4 Å². The Bertz CT molecular complexity index is 1740. The average molecular weight is 795 g/mol. The Balaban J connectivity index is 0.000000360. The van der Waals surface area contributed by atoms with Crippen LogP contribution in [0.3, 0.4) is 0 Å². The minimum Gasteiger partial charge on any atom is -0.870 e. The fraction of sp³-hybridized carbons (Fsp3) is 0.400. The fourth-order valence-electron chi connectivity index (χ4n) is 5.38. The van der Waals surface area contributed by atoms with Gasteiger partial charge < -0.3 is 24.2 Å². The normalized spacial score (nSPS) is 11.2. The van der Waals surface area contributed by atoms with E-state index < -0.39 is 30.9 Å². The first-order chi connectivity index (χ1) is 24.8. The van der Waals surface area contributed by atoms with Crippen molar-refractivity contribution >= 4 is 58.0 Å². The number of hydrogen-bond donors (Lipinski definition) is 2. The minimum absolute atomic E-state index is 0. The van der Waals surface area contributed by atoms with Crippen molar-refractivity contribution in [2.75, 3.05) is 0 Å². The number of benzene rings is 4. The Kier molecular flexibility index (Phi) is 20.8. The number of phenols is 1. The van der Waals surface area contributed by atoms with Gasteiger partial charge in [0.2, 0.25) is 0 Å². The van der Waals surface area contributed by atoms with Gasteiger partial charge in [-0.1, -0.05) is 114 Å². The molecular formula is C40H50CaO10S2. The molecule has 0 atom stereocenters. The van der Waals surface area contributed by atoms with Gasteiger partial charge in [-0.2, -0.15) is 8.42 Å². The first-order valence-electron chi connectivity index (χ1n) is 17.9. The molecule has 0 bridgehead atoms. The molecule has 2 N–H and O–H groups in total.